The van der Waals surface area contributed by atoms with Gasteiger partial charge in [-0.2, -0.15) is 0 Å². The van der Waals surface area contributed by atoms with E-state index in [1.807, 2.05) is 0 Å². The van der Waals surface area contributed by atoms with Gasteiger partial charge in [-0.3, -0.25) is 0 Å². The minimum Gasteiger partial charge on any atom is -0.478 e. The van der Waals surface area contributed by atoms with E-state index < -0.39 is 17.9 Å². The Hall–Kier alpha value is -1.82. The Labute approximate surface area is 90.1 Å². The summed E-state index contributed by atoms with van der Waals surface area (Å²) in [5.74, 6) is -3.47. The highest BCUT2D eigenvalue weighted by Crippen LogP contribution is 1.89. The molecule has 0 saturated carbocycles. The van der Waals surface area contributed by atoms with Crippen molar-refractivity contribution in [3.63, 3.8) is 0 Å². The molecule has 0 rings (SSSR count). The van der Waals surface area contributed by atoms with Gasteiger partial charge in [-0.25, -0.2) is 14.4 Å². The second-order valence-corrected chi connectivity index (χ2v) is 2.35. The Balaban J connectivity index is 0. The minimum atomic E-state index is -1.24. The zero-order chi connectivity index (χ0) is 12.4. The van der Waals surface area contributed by atoms with Crippen LogP contribution in [0, 0.1) is 0 Å². The van der Waals surface area contributed by atoms with Crippen molar-refractivity contribution in [3.8, 4) is 0 Å². The number of rotatable bonds is 3. The number of halogens is 1. The molecule has 7 heteroatoms. The summed E-state index contributed by atoms with van der Waals surface area (Å²) in [5.41, 5.74) is 0.769. The number of hydrogen-bond acceptors (Lipinski definition) is 3. The molecule has 0 bridgehead atoms. The fraction of sp³-hybridized carbons (Fsp3) is 0.125. The highest BCUT2D eigenvalue weighted by molar-refractivity contribution is 6.26. The molecule has 0 spiro atoms. The van der Waals surface area contributed by atoms with Crippen molar-refractivity contribution in [1.82, 2.24) is 0 Å². The summed E-state index contributed by atoms with van der Waals surface area (Å²) in [6.45, 7) is 1.22. The summed E-state index contributed by atoms with van der Waals surface area (Å²) in [5, 5.41) is 23.8. The number of carboxylic acid groups (broad SMARTS) is 3. The van der Waals surface area contributed by atoms with Crippen LogP contribution >= 0.6 is 11.6 Å². The first kappa shape index (κ1) is 15.6. The molecule has 0 aromatic heterocycles. The lowest BCUT2D eigenvalue weighted by atomic mass is 10.3. The lowest BCUT2D eigenvalue weighted by Crippen LogP contribution is -1.99. The average molecular weight is 237 g/mol. The maximum absolute atomic E-state index is 9.90. The normalized spacial score (nSPS) is 10.4. The summed E-state index contributed by atoms with van der Waals surface area (Å²) < 4.78 is 0. The maximum atomic E-state index is 9.90. The summed E-state index contributed by atoms with van der Waals surface area (Å²) in [6.07, 6.45) is 1.49. The van der Waals surface area contributed by atoms with Crippen LogP contribution in [-0.4, -0.2) is 33.2 Å². The van der Waals surface area contributed by atoms with E-state index in [9.17, 15) is 14.4 Å². The zero-order valence-corrected chi connectivity index (χ0v) is 8.43. The van der Waals surface area contributed by atoms with Gasteiger partial charge in [0.05, 0.1) is 0 Å². The molecule has 0 aliphatic heterocycles. The third-order valence-corrected chi connectivity index (χ3v) is 1.01. The molecule has 0 saturated heterocycles. The number of carboxylic acids is 3. The minimum absolute atomic E-state index is 0.178. The van der Waals surface area contributed by atoms with Crippen LogP contribution < -0.4 is 0 Å². The van der Waals surface area contributed by atoms with Crippen LogP contribution in [-0.2, 0) is 14.4 Å². The lowest BCUT2D eigenvalue weighted by molar-refractivity contribution is -0.135. The summed E-state index contributed by atoms with van der Waals surface area (Å²) >= 11 is 4.84. The van der Waals surface area contributed by atoms with E-state index in [1.165, 1.54) is 6.92 Å². The molecule has 6 nitrogen and oxygen atoms in total. The van der Waals surface area contributed by atoms with E-state index in [2.05, 4.69) is 0 Å². The molecule has 0 amide bonds. The van der Waals surface area contributed by atoms with Gasteiger partial charge in [-0.15, -0.1) is 0 Å². The molecule has 0 aromatic carbocycles. The molecule has 0 fully saturated rings. The number of hydrogen-bond donors (Lipinski definition) is 3. The monoisotopic (exact) mass is 236 g/mol. The molecule has 0 unspecified atom stereocenters. The zero-order valence-electron chi connectivity index (χ0n) is 7.68. The standard InChI is InChI=1S/C5H6O4.C3H3ClO2/c1-3(5(8)9)2-4(6)7;4-2-1-3(5)6/h2H,1H3,(H,6,7)(H,8,9);1-2H,(H,5,6)/b3-2+;. The van der Waals surface area contributed by atoms with Gasteiger partial charge in [0.2, 0.25) is 0 Å². The SMILES string of the molecule is C/C(=C\C(=O)O)C(=O)O.O=C(O)C=CCl. The Bertz CT molecular complexity index is 304. The first-order valence-corrected chi connectivity index (χ1v) is 3.89. The van der Waals surface area contributed by atoms with Crippen molar-refractivity contribution < 1.29 is 29.7 Å². The maximum Gasteiger partial charge on any atom is 0.331 e. The number of aliphatic carboxylic acids is 3. The van der Waals surface area contributed by atoms with Gasteiger partial charge in [0.1, 0.15) is 0 Å². The Morgan fingerprint density at radius 2 is 1.53 bits per heavy atom. The topological polar surface area (TPSA) is 112 Å². The molecule has 15 heavy (non-hydrogen) atoms. The molecule has 0 heterocycles. The fourth-order valence-electron chi connectivity index (χ4n) is 0.301. The smallest absolute Gasteiger partial charge is 0.331 e. The predicted molar refractivity (Wildman–Crippen MR) is 51.7 cm³/mol. The molecule has 0 radical (unpaired) electrons. The fourth-order valence-corrected chi connectivity index (χ4v) is 0.409. The first-order valence-electron chi connectivity index (χ1n) is 3.45. The summed E-state index contributed by atoms with van der Waals surface area (Å²) in [4.78, 5) is 29.1. The molecule has 0 aliphatic carbocycles. The van der Waals surface area contributed by atoms with Crippen molar-refractivity contribution in [3.05, 3.63) is 23.3 Å². The quantitative estimate of drug-likeness (QED) is 0.629. The van der Waals surface area contributed by atoms with E-state index in [0.29, 0.717) is 6.08 Å². The Kier molecular flexibility index (Phi) is 9.14. The largest absolute Gasteiger partial charge is 0.478 e. The molecule has 84 valence electrons. The van der Waals surface area contributed by atoms with Crippen LogP contribution in [0.5, 0.6) is 0 Å². The van der Waals surface area contributed by atoms with Gasteiger partial charge < -0.3 is 15.3 Å². The van der Waals surface area contributed by atoms with Crippen molar-refractivity contribution in [2.75, 3.05) is 0 Å². The highest BCUT2D eigenvalue weighted by Gasteiger charge is 2.00. The van der Waals surface area contributed by atoms with Gasteiger partial charge in [0.15, 0.2) is 0 Å². The van der Waals surface area contributed by atoms with Crippen LogP contribution in [0.2, 0.25) is 0 Å². The van der Waals surface area contributed by atoms with Crippen molar-refractivity contribution in [2.45, 2.75) is 6.92 Å². The van der Waals surface area contributed by atoms with E-state index in [1.54, 1.807) is 0 Å². The van der Waals surface area contributed by atoms with Gasteiger partial charge in [0, 0.05) is 23.3 Å². The van der Waals surface area contributed by atoms with Gasteiger partial charge in [0.25, 0.3) is 0 Å². The number of carbonyl (C=O) groups is 3. The van der Waals surface area contributed by atoms with Crippen LogP contribution in [0.15, 0.2) is 23.3 Å². The third kappa shape index (κ3) is 15.0. The Morgan fingerprint density at radius 3 is 1.60 bits per heavy atom. The van der Waals surface area contributed by atoms with Crippen molar-refractivity contribution in [2.24, 2.45) is 0 Å². The molecule has 3 N–H and O–H groups in total. The average Bonchev–Trinajstić information content (AvgIpc) is 2.03. The predicted octanol–water partition coefficient (Wildman–Crippen LogP) is 0.925. The molecular formula is C8H9ClO6. The van der Waals surface area contributed by atoms with Gasteiger partial charge in [-0.1, -0.05) is 11.6 Å². The van der Waals surface area contributed by atoms with Crippen molar-refractivity contribution in [1.29, 1.82) is 0 Å². The second-order valence-electron chi connectivity index (χ2n) is 2.10. The van der Waals surface area contributed by atoms with E-state index in [0.717, 1.165) is 11.6 Å². The summed E-state index contributed by atoms with van der Waals surface area (Å²) in [6, 6.07) is 0. The third-order valence-electron chi connectivity index (χ3n) is 0.883. The van der Waals surface area contributed by atoms with Crippen LogP contribution in [0.1, 0.15) is 6.92 Å². The molecule has 0 aliphatic rings. The van der Waals surface area contributed by atoms with Crippen LogP contribution in [0.25, 0.3) is 0 Å². The Morgan fingerprint density at radius 1 is 1.07 bits per heavy atom. The first-order chi connectivity index (χ1) is 6.81. The van der Waals surface area contributed by atoms with Gasteiger partial charge in [-0.05, 0) is 6.92 Å². The van der Waals surface area contributed by atoms with E-state index in [4.69, 9.17) is 26.9 Å². The molecule has 0 atom stereocenters. The lowest BCUT2D eigenvalue weighted by Gasteiger charge is -1.86. The second kappa shape index (κ2) is 8.76. The van der Waals surface area contributed by atoms with Crippen LogP contribution in [0.3, 0.4) is 0 Å². The molecular weight excluding hydrogens is 228 g/mol. The van der Waals surface area contributed by atoms with E-state index >= 15 is 0 Å². The summed E-state index contributed by atoms with van der Waals surface area (Å²) in [7, 11) is 0. The molecule has 0 aromatic rings. The van der Waals surface area contributed by atoms with Gasteiger partial charge >= 0.3 is 17.9 Å². The van der Waals surface area contributed by atoms with E-state index in [-0.39, 0.29) is 5.57 Å². The highest BCUT2D eigenvalue weighted by atomic mass is 35.5. The van der Waals surface area contributed by atoms with Crippen molar-refractivity contribution >= 4 is 29.5 Å². The van der Waals surface area contributed by atoms with Crippen LogP contribution in [0.4, 0.5) is 0 Å².